The summed E-state index contributed by atoms with van der Waals surface area (Å²) in [6.45, 7) is 5.63. The molecule has 3 aromatic rings. The lowest BCUT2D eigenvalue weighted by molar-refractivity contribution is -0.00000869. The molecule has 0 fully saturated rings. The molecule has 1 heterocycles. The van der Waals surface area contributed by atoms with Crippen LogP contribution in [0.2, 0.25) is 0 Å². The highest BCUT2D eigenvalue weighted by Gasteiger charge is 2.21. The van der Waals surface area contributed by atoms with Crippen molar-refractivity contribution in [3.8, 4) is 5.75 Å². The molecule has 0 amide bonds. The second-order valence-corrected chi connectivity index (χ2v) is 8.89. The van der Waals surface area contributed by atoms with E-state index in [9.17, 15) is 0 Å². The summed E-state index contributed by atoms with van der Waals surface area (Å²) in [5.41, 5.74) is 4.03. The first-order valence-corrected chi connectivity index (χ1v) is 12.2. The molecule has 0 radical (unpaired) electrons. The van der Waals surface area contributed by atoms with Crippen LogP contribution in [0.4, 0.5) is 11.4 Å². The van der Waals surface area contributed by atoms with Crippen LogP contribution in [-0.4, -0.2) is 93.1 Å². The van der Waals surface area contributed by atoms with Gasteiger partial charge in [0.1, 0.15) is 16.8 Å². The molecule has 1 aromatic heterocycles. The van der Waals surface area contributed by atoms with Crippen molar-refractivity contribution in [2.45, 2.75) is 0 Å². The van der Waals surface area contributed by atoms with Gasteiger partial charge in [-0.3, -0.25) is 0 Å². The maximum absolute atomic E-state index is 5.74. The van der Waals surface area contributed by atoms with Gasteiger partial charge in [0.2, 0.25) is 11.3 Å². The van der Waals surface area contributed by atoms with E-state index in [1.54, 1.807) is 46.9 Å². The van der Waals surface area contributed by atoms with E-state index in [-0.39, 0.29) is 17.0 Å². The number of halogens is 1. The van der Waals surface area contributed by atoms with Crippen molar-refractivity contribution >= 4 is 43.1 Å². The van der Waals surface area contributed by atoms with Crippen LogP contribution in [0.15, 0.2) is 30.3 Å². The minimum atomic E-state index is 0. The fourth-order valence-electron chi connectivity index (χ4n) is 3.77. The Morgan fingerprint density at radius 3 is 1.77 bits per heavy atom. The third-order valence-electron chi connectivity index (χ3n) is 5.63. The van der Waals surface area contributed by atoms with Crippen LogP contribution < -0.4 is 31.5 Å². The number of benzene rings is 2. The molecule has 10 heteroatoms. The highest BCUT2D eigenvalue weighted by atomic mass is 79.9. The Kier molecular flexibility index (Phi) is 12.9. The van der Waals surface area contributed by atoms with Crippen LogP contribution in [0.5, 0.6) is 5.75 Å². The van der Waals surface area contributed by atoms with Crippen molar-refractivity contribution in [2.75, 3.05) is 98.0 Å². The molecule has 194 valence electrons. The second-order valence-electron chi connectivity index (χ2n) is 7.80. The lowest BCUT2D eigenvalue weighted by Crippen LogP contribution is -3.00. The topological polar surface area (TPSA) is 65.5 Å². The SMILES string of the molecule is COCCN(CCOC)c1ccc2nc3cc(OC)c(N(CCOC)CCOC)cc3[s+]c2c1.[Br-]. The van der Waals surface area contributed by atoms with Crippen molar-refractivity contribution in [2.24, 2.45) is 0 Å². The van der Waals surface area contributed by atoms with Crippen molar-refractivity contribution in [1.29, 1.82) is 0 Å². The number of ether oxygens (including phenoxy) is 5. The number of nitrogens with zero attached hydrogens (tertiary/aromatic N) is 3. The monoisotopic (exact) mass is 569 g/mol. The van der Waals surface area contributed by atoms with E-state index in [0.29, 0.717) is 26.4 Å². The Labute approximate surface area is 222 Å². The van der Waals surface area contributed by atoms with Gasteiger partial charge in [0.05, 0.1) is 39.2 Å². The molecular formula is C25H36BrN3O5S. The Morgan fingerprint density at radius 2 is 1.23 bits per heavy atom. The number of hydrogen-bond acceptors (Lipinski definition) is 8. The number of anilines is 2. The smallest absolute Gasteiger partial charge is 0.259 e. The van der Waals surface area contributed by atoms with Gasteiger partial charge in [0.25, 0.3) is 9.40 Å². The number of methoxy groups -OCH3 is 5. The number of hydrogen-bond donors (Lipinski definition) is 0. The van der Waals surface area contributed by atoms with Gasteiger partial charge in [-0.1, -0.05) is 0 Å². The maximum atomic E-state index is 5.74. The quantitative estimate of drug-likeness (QED) is 0.198. The summed E-state index contributed by atoms with van der Waals surface area (Å²) in [6.07, 6.45) is 0. The standard InChI is InChI=1S/C25H36N3O5S.BrH/c1-29-12-8-27(9-13-30-2)19-6-7-20-24(16-19)34-25-18-22(23(33-5)17-21(25)26-20)28(10-14-31-3)11-15-32-4;/h6-7,16-18H,8-15H2,1-5H3;1H/q+1;/p-1. The molecule has 0 bridgehead atoms. The molecule has 8 nitrogen and oxygen atoms in total. The Bertz CT molecular complexity index is 1040. The van der Waals surface area contributed by atoms with E-state index in [1.165, 1.54) is 0 Å². The fraction of sp³-hybridized carbons (Fsp3) is 0.520. The van der Waals surface area contributed by atoms with E-state index >= 15 is 0 Å². The first kappa shape index (κ1) is 29.4. The van der Waals surface area contributed by atoms with Gasteiger partial charge >= 0.3 is 0 Å². The van der Waals surface area contributed by atoms with E-state index in [2.05, 4.69) is 34.1 Å². The minimum absolute atomic E-state index is 0. The third kappa shape index (κ3) is 7.83. The maximum Gasteiger partial charge on any atom is 0.259 e. The number of fused-ring (bicyclic) bond motifs is 2. The normalized spacial score (nSPS) is 11.0. The second kappa shape index (κ2) is 15.3. The molecule has 0 unspecified atom stereocenters. The highest BCUT2D eigenvalue weighted by Crippen LogP contribution is 2.37. The molecule has 35 heavy (non-hydrogen) atoms. The molecule has 0 aliphatic heterocycles. The van der Waals surface area contributed by atoms with E-state index < -0.39 is 0 Å². The predicted molar refractivity (Wildman–Crippen MR) is 140 cm³/mol. The Hall–Kier alpha value is -1.82. The Morgan fingerprint density at radius 1 is 0.686 bits per heavy atom. The fourth-order valence-corrected chi connectivity index (χ4v) is 4.78. The highest BCUT2D eigenvalue weighted by molar-refractivity contribution is 7.24. The summed E-state index contributed by atoms with van der Waals surface area (Å²) in [5.74, 6) is 0.792. The van der Waals surface area contributed by atoms with Gasteiger partial charge in [-0.05, 0) is 12.1 Å². The van der Waals surface area contributed by atoms with Crippen molar-refractivity contribution in [3.63, 3.8) is 0 Å². The van der Waals surface area contributed by atoms with E-state index in [0.717, 1.165) is 63.7 Å². The van der Waals surface area contributed by atoms with Crippen LogP contribution in [0, 0.1) is 0 Å². The van der Waals surface area contributed by atoms with Gasteiger partial charge < -0.3 is 50.5 Å². The molecule has 0 spiro atoms. The number of aromatic nitrogens is 1. The van der Waals surface area contributed by atoms with Crippen LogP contribution in [0.1, 0.15) is 0 Å². The minimum Gasteiger partial charge on any atom is -1.00 e. The van der Waals surface area contributed by atoms with Crippen molar-refractivity contribution in [1.82, 2.24) is 4.98 Å². The van der Waals surface area contributed by atoms with Gasteiger partial charge in [0, 0.05) is 78.5 Å². The summed E-state index contributed by atoms with van der Waals surface area (Å²) in [4.78, 5) is 9.44. The molecular weight excluding hydrogens is 534 g/mol. The van der Waals surface area contributed by atoms with Crippen LogP contribution in [-0.2, 0) is 18.9 Å². The molecule has 3 rings (SSSR count). The van der Waals surface area contributed by atoms with Crippen molar-refractivity contribution in [3.05, 3.63) is 30.3 Å². The number of rotatable bonds is 15. The first-order chi connectivity index (χ1) is 16.6. The Balaban J connectivity index is 0.00000432. The molecule has 0 N–H and O–H groups in total. The average Bonchev–Trinajstić information content (AvgIpc) is 2.86. The van der Waals surface area contributed by atoms with Crippen LogP contribution in [0.25, 0.3) is 20.4 Å². The zero-order chi connectivity index (χ0) is 24.3. The zero-order valence-corrected chi connectivity index (χ0v) is 23.6. The summed E-state index contributed by atoms with van der Waals surface area (Å²) >= 11 is 1.73. The zero-order valence-electron chi connectivity index (χ0n) is 21.2. The van der Waals surface area contributed by atoms with Crippen molar-refractivity contribution < 1.29 is 40.7 Å². The average molecular weight is 571 g/mol. The van der Waals surface area contributed by atoms with E-state index in [4.69, 9.17) is 28.7 Å². The molecule has 0 aliphatic carbocycles. The van der Waals surface area contributed by atoms with Crippen LogP contribution in [0.3, 0.4) is 0 Å². The predicted octanol–water partition coefficient (Wildman–Crippen LogP) is 0.942. The molecule has 2 aromatic carbocycles. The first-order valence-electron chi connectivity index (χ1n) is 11.4. The summed E-state index contributed by atoms with van der Waals surface area (Å²) in [7, 11) is 8.57. The van der Waals surface area contributed by atoms with E-state index in [1.807, 2.05) is 6.07 Å². The van der Waals surface area contributed by atoms with Crippen LogP contribution >= 0.6 is 11.3 Å². The van der Waals surface area contributed by atoms with Gasteiger partial charge in [-0.2, -0.15) is 0 Å². The third-order valence-corrected chi connectivity index (χ3v) is 6.73. The van der Waals surface area contributed by atoms with Gasteiger partial charge in [-0.15, -0.1) is 0 Å². The largest absolute Gasteiger partial charge is 1.00 e. The lowest BCUT2D eigenvalue weighted by Gasteiger charge is -2.25. The molecule has 0 saturated carbocycles. The summed E-state index contributed by atoms with van der Waals surface area (Å²) in [5, 5.41) is 0. The summed E-state index contributed by atoms with van der Waals surface area (Å²) < 4.78 is 29.2. The molecule has 0 saturated heterocycles. The lowest BCUT2D eigenvalue weighted by atomic mass is 10.2. The molecule has 0 atom stereocenters. The van der Waals surface area contributed by atoms with Gasteiger partial charge in [0.15, 0.2) is 0 Å². The molecule has 0 aliphatic rings. The summed E-state index contributed by atoms with van der Waals surface area (Å²) in [6, 6.07) is 10.6. The van der Waals surface area contributed by atoms with Gasteiger partial charge in [-0.25, -0.2) is 4.98 Å².